The molecule has 1 amide bonds. The molecule has 5 rings (SSSR count). The topological polar surface area (TPSA) is 96.7 Å². The maximum absolute atomic E-state index is 13.0. The summed E-state index contributed by atoms with van der Waals surface area (Å²) in [6, 6.07) is 23.6. The first kappa shape index (κ1) is 24.6. The Kier molecular flexibility index (Phi) is 7.23. The number of fused-ring (bicyclic) bond motifs is 1. The van der Waals surface area contributed by atoms with E-state index in [4.69, 9.17) is 10.5 Å². The lowest BCUT2D eigenvalue weighted by Crippen LogP contribution is -2.36. The van der Waals surface area contributed by atoms with Crippen LogP contribution in [0.2, 0.25) is 0 Å². The number of hydrogen-bond acceptors (Lipinski definition) is 6. The minimum absolute atomic E-state index is 0.0143. The number of anilines is 3. The lowest BCUT2D eigenvalue weighted by atomic mass is 9.96. The Morgan fingerprint density at radius 3 is 2.49 bits per heavy atom. The Labute approximate surface area is 217 Å². The van der Waals surface area contributed by atoms with Gasteiger partial charge in [0, 0.05) is 29.2 Å². The van der Waals surface area contributed by atoms with E-state index in [1.54, 1.807) is 6.07 Å². The molecule has 2 aliphatic rings. The third-order valence-electron chi connectivity index (χ3n) is 6.94. The van der Waals surface area contributed by atoms with Crippen molar-refractivity contribution in [1.29, 1.82) is 0 Å². The van der Waals surface area contributed by atoms with Crippen LogP contribution in [-0.4, -0.2) is 36.5 Å². The lowest BCUT2D eigenvalue weighted by molar-refractivity contribution is -0.149. The average molecular weight is 497 g/mol. The van der Waals surface area contributed by atoms with Crippen molar-refractivity contribution in [2.45, 2.75) is 26.3 Å². The molecule has 0 unspecified atom stereocenters. The number of likely N-dealkylation sites (tertiary alicyclic amines) is 1. The van der Waals surface area contributed by atoms with Crippen molar-refractivity contribution in [2.75, 3.05) is 36.1 Å². The summed E-state index contributed by atoms with van der Waals surface area (Å²) < 4.78 is 5.18. The van der Waals surface area contributed by atoms with Crippen molar-refractivity contribution in [3.63, 3.8) is 0 Å². The standard InChI is InChI=1S/C30H32N4O3/c1-2-37-30(36)22-14-16-34(17-15-22)19-20-8-11-24(12-9-20)32-28(21-6-4-3-5-7-21)27-25-18-23(31)10-13-26(25)33-29(27)35/h3-13,18,22,32H,2,14-17,19,31H2,1H3,(H,33,35)/b28-27-. The predicted octanol–water partition coefficient (Wildman–Crippen LogP) is 4.98. The molecule has 0 aromatic heterocycles. The van der Waals surface area contributed by atoms with Crippen LogP contribution in [0.1, 0.15) is 36.5 Å². The zero-order valence-electron chi connectivity index (χ0n) is 21.0. The molecule has 1 fully saturated rings. The zero-order chi connectivity index (χ0) is 25.8. The molecule has 7 nitrogen and oxygen atoms in total. The van der Waals surface area contributed by atoms with E-state index < -0.39 is 0 Å². The van der Waals surface area contributed by atoms with Gasteiger partial charge in [-0.2, -0.15) is 0 Å². The first-order valence-electron chi connectivity index (χ1n) is 12.8. The quantitative estimate of drug-likeness (QED) is 0.243. The number of nitrogens with zero attached hydrogens (tertiary/aromatic N) is 1. The number of nitrogens with one attached hydrogen (secondary N) is 2. The van der Waals surface area contributed by atoms with Crippen molar-refractivity contribution < 1.29 is 14.3 Å². The fourth-order valence-electron chi connectivity index (χ4n) is 5.00. The molecule has 0 atom stereocenters. The number of rotatable bonds is 7. The number of hydrogen-bond donors (Lipinski definition) is 3. The fraction of sp³-hybridized carbons (Fsp3) is 0.267. The van der Waals surface area contributed by atoms with Gasteiger partial charge in [0.1, 0.15) is 0 Å². The van der Waals surface area contributed by atoms with Crippen LogP contribution in [0.15, 0.2) is 72.8 Å². The summed E-state index contributed by atoms with van der Waals surface area (Å²) in [6.45, 7) is 4.88. The summed E-state index contributed by atoms with van der Waals surface area (Å²) in [5.74, 6) is -0.211. The van der Waals surface area contributed by atoms with Gasteiger partial charge >= 0.3 is 5.97 Å². The molecule has 1 saturated heterocycles. The highest BCUT2D eigenvalue weighted by molar-refractivity contribution is 6.37. The summed E-state index contributed by atoms with van der Waals surface area (Å²) in [5.41, 5.74) is 12.5. The molecule has 2 heterocycles. The van der Waals surface area contributed by atoms with Crippen molar-refractivity contribution in [2.24, 2.45) is 5.92 Å². The van der Waals surface area contributed by atoms with E-state index >= 15 is 0 Å². The molecular weight excluding hydrogens is 464 g/mol. The number of nitrogen functional groups attached to an aromatic ring is 1. The van der Waals surface area contributed by atoms with Crippen LogP contribution in [0.3, 0.4) is 0 Å². The Morgan fingerprint density at radius 1 is 1.05 bits per heavy atom. The van der Waals surface area contributed by atoms with E-state index in [0.717, 1.165) is 60.7 Å². The van der Waals surface area contributed by atoms with Crippen LogP contribution in [-0.2, 0) is 20.9 Å². The number of ether oxygens (including phenoxy) is 1. The van der Waals surface area contributed by atoms with Crippen LogP contribution < -0.4 is 16.4 Å². The first-order chi connectivity index (χ1) is 18.0. The highest BCUT2D eigenvalue weighted by atomic mass is 16.5. The Balaban J connectivity index is 1.33. The summed E-state index contributed by atoms with van der Waals surface area (Å²) in [7, 11) is 0. The number of amides is 1. The molecule has 0 saturated carbocycles. The predicted molar refractivity (Wildman–Crippen MR) is 147 cm³/mol. The molecule has 190 valence electrons. The highest BCUT2D eigenvalue weighted by Gasteiger charge is 2.29. The van der Waals surface area contributed by atoms with E-state index in [2.05, 4.69) is 27.7 Å². The van der Waals surface area contributed by atoms with E-state index in [0.29, 0.717) is 17.9 Å². The molecule has 0 bridgehead atoms. The lowest BCUT2D eigenvalue weighted by Gasteiger charge is -2.30. The Morgan fingerprint density at radius 2 is 1.78 bits per heavy atom. The maximum Gasteiger partial charge on any atom is 0.309 e. The molecule has 0 aliphatic carbocycles. The van der Waals surface area contributed by atoms with Gasteiger partial charge in [-0.3, -0.25) is 14.5 Å². The molecule has 3 aromatic carbocycles. The number of piperidine rings is 1. The number of carbonyl (C=O) groups is 2. The third-order valence-corrected chi connectivity index (χ3v) is 6.94. The third kappa shape index (κ3) is 5.52. The van der Waals surface area contributed by atoms with Crippen LogP contribution in [0.4, 0.5) is 17.1 Å². The van der Waals surface area contributed by atoms with Crippen LogP contribution in [0.5, 0.6) is 0 Å². The SMILES string of the molecule is CCOC(=O)C1CCN(Cc2ccc(N/C(=C3\C(=O)Nc4ccc(N)cc43)c3ccccc3)cc2)CC1. The summed E-state index contributed by atoms with van der Waals surface area (Å²) in [5, 5.41) is 6.46. The minimum atomic E-state index is -0.158. The summed E-state index contributed by atoms with van der Waals surface area (Å²) >= 11 is 0. The summed E-state index contributed by atoms with van der Waals surface area (Å²) in [6.07, 6.45) is 1.67. The van der Waals surface area contributed by atoms with Crippen LogP contribution >= 0.6 is 0 Å². The van der Waals surface area contributed by atoms with Crippen molar-refractivity contribution in [1.82, 2.24) is 4.90 Å². The minimum Gasteiger partial charge on any atom is -0.466 e. The van der Waals surface area contributed by atoms with Gasteiger partial charge < -0.3 is 21.1 Å². The average Bonchev–Trinajstić information content (AvgIpc) is 3.24. The number of carbonyl (C=O) groups excluding carboxylic acids is 2. The molecule has 4 N–H and O–H groups in total. The van der Waals surface area contributed by atoms with Crippen LogP contribution in [0, 0.1) is 5.92 Å². The second kappa shape index (κ2) is 10.9. The Bertz CT molecular complexity index is 1310. The van der Waals surface area contributed by atoms with Crippen molar-refractivity contribution in [3.05, 3.63) is 89.5 Å². The van der Waals surface area contributed by atoms with E-state index in [9.17, 15) is 9.59 Å². The highest BCUT2D eigenvalue weighted by Crippen LogP contribution is 2.38. The maximum atomic E-state index is 13.0. The van der Waals surface area contributed by atoms with Gasteiger partial charge in [-0.1, -0.05) is 42.5 Å². The fourth-order valence-corrected chi connectivity index (χ4v) is 5.00. The van der Waals surface area contributed by atoms with Gasteiger partial charge in [-0.25, -0.2) is 0 Å². The monoisotopic (exact) mass is 496 g/mol. The molecule has 37 heavy (non-hydrogen) atoms. The second-order valence-electron chi connectivity index (χ2n) is 9.50. The van der Waals surface area contributed by atoms with Crippen molar-refractivity contribution in [3.8, 4) is 0 Å². The molecule has 0 radical (unpaired) electrons. The van der Waals surface area contributed by atoms with E-state index in [-0.39, 0.29) is 17.8 Å². The number of esters is 1. The molecule has 2 aliphatic heterocycles. The van der Waals surface area contributed by atoms with Gasteiger partial charge in [0.05, 0.1) is 23.8 Å². The van der Waals surface area contributed by atoms with Gasteiger partial charge in [-0.15, -0.1) is 0 Å². The number of benzene rings is 3. The smallest absolute Gasteiger partial charge is 0.309 e. The first-order valence-corrected chi connectivity index (χ1v) is 12.8. The van der Waals surface area contributed by atoms with Gasteiger partial charge in [0.2, 0.25) is 0 Å². The molecule has 0 spiro atoms. The number of nitrogens with two attached hydrogens (primary N) is 1. The van der Waals surface area contributed by atoms with Crippen molar-refractivity contribution >= 4 is 40.2 Å². The van der Waals surface area contributed by atoms with Gasteiger partial charge in [0.25, 0.3) is 5.91 Å². The van der Waals surface area contributed by atoms with E-state index in [1.165, 1.54) is 5.56 Å². The van der Waals surface area contributed by atoms with Gasteiger partial charge in [0.15, 0.2) is 0 Å². The molecular formula is C30H32N4O3. The van der Waals surface area contributed by atoms with Crippen LogP contribution in [0.25, 0.3) is 11.3 Å². The second-order valence-corrected chi connectivity index (χ2v) is 9.50. The largest absolute Gasteiger partial charge is 0.466 e. The zero-order valence-corrected chi connectivity index (χ0v) is 21.0. The normalized spacial score (nSPS) is 17.2. The Hall–Kier alpha value is -4.10. The van der Waals surface area contributed by atoms with Gasteiger partial charge in [-0.05, 0) is 74.3 Å². The molecule has 3 aromatic rings. The summed E-state index contributed by atoms with van der Waals surface area (Å²) in [4.78, 5) is 27.4. The van der Waals surface area contributed by atoms with E-state index in [1.807, 2.05) is 61.5 Å². The molecule has 7 heteroatoms.